The number of amides is 1. The summed E-state index contributed by atoms with van der Waals surface area (Å²) in [5, 5.41) is 9.05. The second-order valence-corrected chi connectivity index (χ2v) is 6.26. The van der Waals surface area contributed by atoms with Crippen LogP contribution in [0.3, 0.4) is 0 Å². The van der Waals surface area contributed by atoms with Gasteiger partial charge in [0.1, 0.15) is 18.2 Å². The summed E-state index contributed by atoms with van der Waals surface area (Å²) >= 11 is 0. The molecule has 8 heteroatoms. The first-order valence-corrected chi connectivity index (χ1v) is 9.25. The zero-order valence-corrected chi connectivity index (χ0v) is 19.3. The van der Waals surface area contributed by atoms with E-state index in [1.165, 1.54) is 13.0 Å². The molecule has 3 N–H and O–H groups in total. The lowest BCUT2D eigenvalue weighted by molar-refractivity contribution is -0.114. The van der Waals surface area contributed by atoms with Crippen molar-refractivity contribution in [2.45, 2.75) is 27.3 Å². The van der Waals surface area contributed by atoms with Gasteiger partial charge in [-0.3, -0.25) is 4.79 Å². The summed E-state index contributed by atoms with van der Waals surface area (Å²) in [5.41, 5.74) is 2.13. The minimum absolute atomic E-state index is 0. The zero-order chi connectivity index (χ0) is 20.4. The predicted molar refractivity (Wildman–Crippen MR) is 126 cm³/mol. The maximum Gasteiger partial charge on any atom is 0.221 e. The maximum absolute atomic E-state index is 13.6. The smallest absolute Gasteiger partial charge is 0.221 e. The summed E-state index contributed by atoms with van der Waals surface area (Å²) in [7, 11) is 0. The molecule has 0 aliphatic rings. The van der Waals surface area contributed by atoms with Crippen LogP contribution in [-0.4, -0.2) is 31.6 Å². The van der Waals surface area contributed by atoms with Crippen molar-refractivity contribution < 1.29 is 13.9 Å². The highest BCUT2D eigenvalue weighted by molar-refractivity contribution is 14.0. The lowest BCUT2D eigenvalue weighted by Crippen LogP contribution is -2.39. The molecule has 0 bridgehead atoms. The number of benzene rings is 2. The molecule has 0 aliphatic heterocycles. The summed E-state index contributed by atoms with van der Waals surface area (Å²) < 4.78 is 19.3. The Bertz CT molecular complexity index is 830. The van der Waals surface area contributed by atoms with E-state index in [0.29, 0.717) is 49.2 Å². The van der Waals surface area contributed by atoms with E-state index in [1.807, 2.05) is 25.1 Å². The molecule has 29 heavy (non-hydrogen) atoms. The Morgan fingerprint density at radius 3 is 2.66 bits per heavy atom. The van der Waals surface area contributed by atoms with Crippen molar-refractivity contribution in [2.24, 2.45) is 4.99 Å². The first-order chi connectivity index (χ1) is 13.5. The van der Waals surface area contributed by atoms with Gasteiger partial charge in [-0.1, -0.05) is 18.2 Å². The minimum Gasteiger partial charge on any atom is -0.492 e. The van der Waals surface area contributed by atoms with Crippen molar-refractivity contribution >= 4 is 41.5 Å². The molecule has 0 aromatic heterocycles. The van der Waals surface area contributed by atoms with E-state index in [2.05, 4.69) is 20.9 Å². The molecule has 0 unspecified atom stereocenters. The SMILES string of the molecule is CCNC(=NCc1ccc(C)c(F)c1)NCCOc1cccc(NC(C)=O)c1.I. The van der Waals surface area contributed by atoms with Gasteiger partial charge in [0.05, 0.1) is 13.1 Å². The van der Waals surface area contributed by atoms with Crippen LogP contribution in [0.5, 0.6) is 5.75 Å². The van der Waals surface area contributed by atoms with Crippen LogP contribution in [0.25, 0.3) is 0 Å². The summed E-state index contributed by atoms with van der Waals surface area (Å²) in [6.07, 6.45) is 0. The Balaban J connectivity index is 0.00000420. The number of carbonyl (C=O) groups is 1. The molecule has 0 atom stereocenters. The van der Waals surface area contributed by atoms with Crippen molar-refractivity contribution in [2.75, 3.05) is 25.0 Å². The van der Waals surface area contributed by atoms with E-state index in [9.17, 15) is 9.18 Å². The van der Waals surface area contributed by atoms with E-state index in [1.54, 1.807) is 25.1 Å². The zero-order valence-electron chi connectivity index (χ0n) is 16.9. The Labute approximate surface area is 188 Å². The lowest BCUT2D eigenvalue weighted by atomic mass is 10.1. The summed E-state index contributed by atoms with van der Waals surface area (Å²) in [4.78, 5) is 15.6. The molecule has 0 radical (unpaired) electrons. The van der Waals surface area contributed by atoms with Gasteiger partial charge in [-0.05, 0) is 43.2 Å². The Kier molecular flexibility index (Phi) is 11.0. The van der Waals surface area contributed by atoms with Crippen LogP contribution < -0.4 is 20.7 Å². The minimum atomic E-state index is -0.222. The fourth-order valence-corrected chi connectivity index (χ4v) is 2.45. The second-order valence-electron chi connectivity index (χ2n) is 6.26. The molecule has 1 amide bonds. The fraction of sp³-hybridized carbons (Fsp3) is 0.333. The molecule has 0 saturated heterocycles. The highest BCUT2D eigenvalue weighted by Gasteiger charge is 2.02. The molecule has 0 saturated carbocycles. The van der Waals surface area contributed by atoms with Gasteiger partial charge in [-0.25, -0.2) is 9.38 Å². The molecule has 6 nitrogen and oxygen atoms in total. The Morgan fingerprint density at radius 1 is 1.17 bits per heavy atom. The average Bonchev–Trinajstić information content (AvgIpc) is 2.65. The number of carbonyl (C=O) groups excluding carboxylic acids is 1. The van der Waals surface area contributed by atoms with Gasteiger partial charge < -0.3 is 20.7 Å². The van der Waals surface area contributed by atoms with Crippen LogP contribution in [-0.2, 0) is 11.3 Å². The molecule has 0 aliphatic carbocycles. The van der Waals surface area contributed by atoms with Gasteiger partial charge in [-0.2, -0.15) is 0 Å². The molecule has 0 heterocycles. The molecule has 0 fully saturated rings. The molecule has 158 valence electrons. The van der Waals surface area contributed by atoms with Gasteiger partial charge in [0.15, 0.2) is 5.96 Å². The van der Waals surface area contributed by atoms with Crippen LogP contribution in [0.2, 0.25) is 0 Å². The molecule has 2 rings (SSSR count). The standard InChI is InChI=1S/C21H27FN4O2.HI/c1-4-23-21(25-14-17-9-8-15(2)20(22)12-17)24-10-11-28-19-7-5-6-18(13-19)26-16(3)27;/h5-9,12-13H,4,10-11,14H2,1-3H3,(H,26,27)(H2,23,24,25);1H. The summed E-state index contributed by atoms with van der Waals surface area (Å²) in [5.74, 6) is 0.962. The van der Waals surface area contributed by atoms with E-state index in [-0.39, 0.29) is 35.7 Å². The van der Waals surface area contributed by atoms with Gasteiger partial charge >= 0.3 is 0 Å². The number of rotatable bonds is 8. The third-order valence-corrected chi connectivity index (χ3v) is 3.82. The quantitative estimate of drug-likeness (QED) is 0.217. The summed E-state index contributed by atoms with van der Waals surface area (Å²) in [6, 6.07) is 12.4. The van der Waals surface area contributed by atoms with Gasteiger partial charge in [0.25, 0.3) is 0 Å². The van der Waals surface area contributed by atoms with Crippen molar-refractivity contribution in [3.8, 4) is 5.75 Å². The number of halogens is 2. The van der Waals surface area contributed by atoms with Crippen LogP contribution >= 0.6 is 24.0 Å². The topological polar surface area (TPSA) is 74.8 Å². The van der Waals surface area contributed by atoms with Crippen LogP contribution in [0.4, 0.5) is 10.1 Å². The van der Waals surface area contributed by atoms with Gasteiger partial charge in [-0.15, -0.1) is 24.0 Å². The van der Waals surface area contributed by atoms with Crippen molar-refractivity contribution in [1.82, 2.24) is 10.6 Å². The highest BCUT2D eigenvalue weighted by Crippen LogP contribution is 2.17. The van der Waals surface area contributed by atoms with E-state index in [0.717, 1.165) is 5.56 Å². The van der Waals surface area contributed by atoms with Crippen LogP contribution in [0, 0.1) is 12.7 Å². The Hall–Kier alpha value is -2.36. The van der Waals surface area contributed by atoms with Gasteiger partial charge in [0.2, 0.25) is 5.91 Å². The van der Waals surface area contributed by atoms with E-state index < -0.39 is 0 Å². The normalized spacial score (nSPS) is 10.7. The van der Waals surface area contributed by atoms with Crippen LogP contribution in [0.15, 0.2) is 47.5 Å². The predicted octanol–water partition coefficient (Wildman–Crippen LogP) is 3.84. The number of aliphatic imine (C=N–C) groups is 1. The molecule has 0 spiro atoms. The number of aryl methyl sites for hydroxylation is 1. The molecule has 2 aromatic rings. The van der Waals surface area contributed by atoms with Crippen molar-refractivity contribution in [3.05, 3.63) is 59.4 Å². The highest BCUT2D eigenvalue weighted by atomic mass is 127. The molecule has 2 aromatic carbocycles. The number of nitrogens with one attached hydrogen (secondary N) is 3. The number of hydrogen-bond donors (Lipinski definition) is 3. The number of ether oxygens (including phenoxy) is 1. The number of nitrogens with zero attached hydrogens (tertiary/aromatic N) is 1. The fourth-order valence-electron chi connectivity index (χ4n) is 2.45. The van der Waals surface area contributed by atoms with E-state index in [4.69, 9.17) is 4.74 Å². The number of guanidine groups is 1. The van der Waals surface area contributed by atoms with Crippen molar-refractivity contribution in [3.63, 3.8) is 0 Å². The largest absolute Gasteiger partial charge is 0.492 e. The van der Waals surface area contributed by atoms with Crippen molar-refractivity contribution in [1.29, 1.82) is 0 Å². The van der Waals surface area contributed by atoms with E-state index >= 15 is 0 Å². The first-order valence-electron chi connectivity index (χ1n) is 9.25. The summed E-state index contributed by atoms with van der Waals surface area (Å²) in [6.45, 7) is 7.24. The third-order valence-electron chi connectivity index (χ3n) is 3.82. The molecular formula is C21H28FIN4O2. The lowest BCUT2D eigenvalue weighted by Gasteiger charge is -2.13. The Morgan fingerprint density at radius 2 is 1.97 bits per heavy atom. The number of anilines is 1. The molecular weight excluding hydrogens is 486 g/mol. The third kappa shape index (κ3) is 9.12. The monoisotopic (exact) mass is 514 g/mol. The van der Waals surface area contributed by atoms with Gasteiger partial charge in [0, 0.05) is 25.2 Å². The van der Waals surface area contributed by atoms with Crippen LogP contribution in [0.1, 0.15) is 25.0 Å². The maximum atomic E-state index is 13.6. The average molecular weight is 514 g/mol. The second kappa shape index (κ2) is 13.0. The number of hydrogen-bond acceptors (Lipinski definition) is 3. The first kappa shape index (κ1) is 24.7.